The summed E-state index contributed by atoms with van der Waals surface area (Å²) < 4.78 is 11.1. The summed E-state index contributed by atoms with van der Waals surface area (Å²) in [4.78, 5) is 12.2. The summed E-state index contributed by atoms with van der Waals surface area (Å²) in [5, 5.41) is 3.62. The Morgan fingerprint density at radius 2 is 2.00 bits per heavy atom. The minimum atomic E-state index is -0.319. The summed E-state index contributed by atoms with van der Waals surface area (Å²) in [6.07, 6.45) is 2.20. The third kappa shape index (κ3) is 2.47. The number of ether oxygens (including phenoxy) is 2. The van der Waals surface area contributed by atoms with E-state index in [9.17, 15) is 4.79 Å². The van der Waals surface area contributed by atoms with Gasteiger partial charge in [-0.2, -0.15) is 0 Å². The molecule has 2 heterocycles. The zero-order valence-electron chi connectivity index (χ0n) is 13.7. The molecular formula is C20H21NO3. The average molecular weight is 323 g/mol. The number of methoxy groups -OCH3 is 1. The van der Waals surface area contributed by atoms with E-state index >= 15 is 0 Å². The fourth-order valence-corrected chi connectivity index (χ4v) is 3.97. The van der Waals surface area contributed by atoms with Crippen molar-refractivity contribution in [3.8, 4) is 0 Å². The topological polar surface area (TPSA) is 47.6 Å². The first-order chi connectivity index (χ1) is 11.8. The fourth-order valence-electron chi connectivity index (χ4n) is 3.97. The van der Waals surface area contributed by atoms with Crippen LogP contribution in [0.3, 0.4) is 0 Å². The van der Waals surface area contributed by atoms with Gasteiger partial charge in [-0.05, 0) is 24.5 Å². The van der Waals surface area contributed by atoms with E-state index in [2.05, 4.69) is 35.6 Å². The van der Waals surface area contributed by atoms with Crippen molar-refractivity contribution >= 4 is 11.7 Å². The number of para-hydroxylation sites is 1. The van der Waals surface area contributed by atoms with Crippen molar-refractivity contribution in [2.75, 3.05) is 19.0 Å². The summed E-state index contributed by atoms with van der Waals surface area (Å²) in [7, 11) is 1.42. The highest BCUT2D eigenvalue weighted by Crippen LogP contribution is 2.49. The number of anilines is 1. The summed E-state index contributed by atoms with van der Waals surface area (Å²) in [6, 6.07) is 16.3. The van der Waals surface area contributed by atoms with Gasteiger partial charge in [0.25, 0.3) is 0 Å². The molecule has 4 nitrogen and oxygen atoms in total. The molecule has 0 aromatic heterocycles. The monoisotopic (exact) mass is 323 g/mol. The Kier molecular flexibility index (Phi) is 3.98. The van der Waals surface area contributed by atoms with Crippen molar-refractivity contribution in [2.45, 2.75) is 25.0 Å². The molecule has 2 aliphatic heterocycles. The standard InChI is InChI=1S/C20H21NO3/c1-23-20(22)16-10-5-9-15-18(16)21-17(13-7-3-2-4-8-13)14-11-6-12-24-19(14)15/h2-5,7-10,14,17,19,21H,6,11-12H2,1H3/t14-,17+,19-/m1/s1. The molecule has 0 amide bonds. The predicted octanol–water partition coefficient (Wildman–Crippen LogP) is 4.11. The maximum Gasteiger partial charge on any atom is 0.339 e. The molecular weight excluding hydrogens is 302 g/mol. The van der Waals surface area contributed by atoms with E-state index in [-0.39, 0.29) is 18.1 Å². The van der Waals surface area contributed by atoms with Gasteiger partial charge in [0.2, 0.25) is 0 Å². The van der Waals surface area contributed by atoms with E-state index < -0.39 is 0 Å². The van der Waals surface area contributed by atoms with E-state index in [1.165, 1.54) is 12.7 Å². The Morgan fingerprint density at radius 1 is 1.17 bits per heavy atom. The molecule has 1 N–H and O–H groups in total. The second-order valence-electron chi connectivity index (χ2n) is 6.39. The smallest absolute Gasteiger partial charge is 0.339 e. The molecule has 4 rings (SSSR count). The van der Waals surface area contributed by atoms with E-state index in [4.69, 9.17) is 9.47 Å². The number of hydrogen-bond acceptors (Lipinski definition) is 4. The predicted molar refractivity (Wildman–Crippen MR) is 92.0 cm³/mol. The molecule has 0 radical (unpaired) electrons. The van der Waals surface area contributed by atoms with Gasteiger partial charge < -0.3 is 14.8 Å². The number of benzene rings is 2. The third-order valence-electron chi connectivity index (χ3n) is 5.06. The molecule has 4 heteroatoms. The highest BCUT2D eigenvalue weighted by molar-refractivity contribution is 5.96. The zero-order valence-corrected chi connectivity index (χ0v) is 13.7. The second kappa shape index (κ2) is 6.29. The maximum atomic E-state index is 12.2. The molecule has 2 aromatic carbocycles. The lowest BCUT2D eigenvalue weighted by Crippen LogP contribution is -2.36. The maximum absolute atomic E-state index is 12.2. The lowest BCUT2D eigenvalue weighted by molar-refractivity contribution is -0.0382. The van der Waals surface area contributed by atoms with Crippen molar-refractivity contribution in [1.82, 2.24) is 0 Å². The molecule has 1 saturated heterocycles. The number of esters is 1. The van der Waals surface area contributed by atoms with E-state index in [0.717, 1.165) is 30.7 Å². The number of carbonyl (C=O) groups excluding carboxylic acids is 1. The van der Waals surface area contributed by atoms with Gasteiger partial charge in [0, 0.05) is 18.1 Å². The molecule has 124 valence electrons. The summed E-state index contributed by atoms with van der Waals surface area (Å²) in [5.74, 6) is 0.0435. The Bertz CT molecular complexity index is 744. The quantitative estimate of drug-likeness (QED) is 0.845. The summed E-state index contributed by atoms with van der Waals surface area (Å²) in [6.45, 7) is 0.768. The first-order valence-electron chi connectivity index (χ1n) is 8.44. The number of carbonyl (C=O) groups is 1. The zero-order chi connectivity index (χ0) is 16.5. The van der Waals surface area contributed by atoms with Crippen LogP contribution in [0, 0.1) is 5.92 Å². The van der Waals surface area contributed by atoms with Crippen LogP contribution >= 0.6 is 0 Å². The molecule has 24 heavy (non-hydrogen) atoms. The Morgan fingerprint density at radius 3 is 2.79 bits per heavy atom. The number of nitrogens with one attached hydrogen (secondary N) is 1. The second-order valence-corrected chi connectivity index (χ2v) is 6.39. The van der Waals surface area contributed by atoms with Gasteiger partial charge in [-0.15, -0.1) is 0 Å². The van der Waals surface area contributed by atoms with Crippen LogP contribution in [-0.2, 0) is 9.47 Å². The molecule has 2 aromatic rings. The van der Waals surface area contributed by atoms with Crippen molar-refractivity contribution in [2.24, 2.45) is 5.92 Å². The van der Waals surface area contributed by atoms with Crippen molar-refractivity contribution < 1.29 is 14.3 Å². The SMILES string of the molecule is COC(=O)c1cccc2c1N[C@@H](c1ccccc1)[C@H]1CCCO[C@@H]21. The van der Waals surface area contributed by atoms with E-state index in [0.29, 0.717) is 11.5 Å². The third-order valence-corrected chi connectivity index (χ3v) is 5.06. The average Bonchev–Trinajstić information content (AvgIpc) is 2.67. The van der Waals surface area contributed by atoms with Crippen LogP contribution in [0.4, 0.5) is 5.69 Å². The van der Waals surface area contributed by atoms with Gasteiger partial charge in [0.05, 0.1) is 30.5 Å². The number of fused-ring (bicyclic) bond motifs is 3. The Hall–Kier alpha value is -2.33. The normalized spacial score (nSPS) is 25.1. The minimum absolute atomic E-state index is 0.0183. The molecule has 0 saturated carbocycles. The lowest BCUT2D eigenvalue weighted by Gasteiger charge is -2.43. The van der Waals surface area contributed by atoms with Crippen molar-refractivity contribution in [3.63, 3.8) is 0 Å². The van der Waals surface area contributed by atoms with Crippen LogP contribution in [0.2, 0.25) is 0 Å². The Balaban J connectivity index is 1.83. The minimum Gasteiger partial charge on any atom is -0.465 e. The summed E-state index contributed by atoms with van der Waals surface area (Å²) >= 11 is 0. The van der Waals surface area contributed by atoms with Gasteiger partial charge >= 0.3 is 5.97 Å². The molecule has 2 aliphatic rings. The first kappa shape index (κ1) is 15.2. The fraction of sp³-hybridized carbons (Fsp3) is 0.350. The highest BCUT2D eigenvalue weighted by Gasteiger charge is 2.41. The molecule has 0 bridgehead atoms. The van der Waals surface area contributed by atoms with Crippen LogP contribution in [-0.4, -0.2) is 19.7 Å². The van der Waals surface area contributed by atoms with E-state index in [1.54, 1.807) is 0 Å². The Labute approximate surface area is 141 Å². The van der Waals surface area contributed by atoms with Gasteiger partial charge in [-0.25, -0.2) is 4.79 Å². The van der Waals surface area contributed by atoms with Crippen LogP contribution < -0.4 is 5.32 Å². The van der Waals surface area contributed by atoms with Gasteiger partial charge in [0.15, 0.2) is 0 Å². The summed E-state index contributed by atoms with van der Waals surface area (Å²) in [5.41, 5.74) is 3.71. The van der Waals surface area contributed by atoms with Crippen LogP contribution in [0.25, 0.3) is 0 Å². The largest absolute Gasteiger partial charge is 0.465 e. The molecule has 0 unspecified atom stereocenters. The van der Waals surface area contributed by atoms with Crippen LogP contribution in [0.1, 0.15) is 46.5 Å². The molecule has 1 fully saturated rings. The van der Waals surface area contributed by atoms with Crippen LogP contribution in [0.5, 0.6) is 0 Å². The lowest BCUT2D eigenvalue weighted by atomic mass is 9.77. The van der Waals surface area contributed by atoms with Gasteiger partial charge in [-0.3, -0.25) is 0 Å². The molecule has 3 atom stereocenters. The van der Waals surface area contributed by atoms with Crippen LogP contribution in [0.15, 0.2) is 48.5 Å². The van der Waals surface area contributed by atoms with E-state index in [1.807, 2.05) is 18.2 Å². The van der Waals surface area contributed by atoms with Crippen molar-refractivity contribution in [1.29, 1.82) is 0 Å². The number of hydrogen-bond donors (Lipinski definition) is 1. The first-order valence-corrected chi connectivity index (χ1v) is 8.44. The molecule has 0 spiro atoms. The van der Waals surface area contributed by atoms with Crippen molar-refractivity contribution in [3.05, 3.63) is 65.2 Å². The molecule has 0 aliphatic carbocycles. The highest BCUT2D eigenvalue weighted by atomic mass is 16.5. The van der Waals surface area contributed by atoms with Gasteiger partial charge in [0.1, 0.15) is 0 Å². The van der Waals surface area contributed by atoms with Gasteiger partial charge in [-0.1, -0.05) is 42.5 Å². The number of rotatable bonds is 2.